The second kappa shape index (κ2) is 6.22. The summed E-state index contributed by atoms with van der Waals surface area (Å²) in [5.74, 6) is 0.603. The van der Waals surface area contributed by atoms with Crippen molar-refractivity contribution in [1.82, 2.24) is 0 Å². The molecule has 0 N–H and O–H groups in total. The largest absolute Gasteiger partial charge is 0.450 e. The number of carbonyl (C=O) groups is 1. The predicted molar refractivity (Wildman–Crippen MR) is 75.4 cm³/mol. The second-order valence-corrected chi connectivity index (χ2v) is 5.50. The second-order valence-electron chi connectivity index (χ2n) is 5.00. The van der Waals surface area contributed by atoms with Crippen LogP contribution in [-0.2, 0) is 13.1 Å². The molecule has 0 radical (unpaired) electrons. The van der Waals surface area contributed by atoms with Crippen molar-refractivity contribution in [2.75, 3.05) is 0 Å². The molecule has 1 aliphatic carbocycles. The molecule has 0 bridgehead atoms. The number of hydrogen-bond donors (Lipinski definition) is 0. The molecule has 1 fully saturated rings. The maximum Gasteiger partial charge on any atom is 0.338 e. The number of esters is 1. The van der Waals surface area contributed by atoms with E-state index in [0.717, 1.165) is 25.2 Å². The van der Waals surface area contributed by atoms with Crippen LogP contribution in [0.5, 0.6) is 0 Å². The molecular weight excluding hydrogens is 276 g/mol. The van der Waals surface area contributed by atoms with Gasteiger partial charge in [0.05, 0.1) is 5.56 Å². The van der Waals surface area contributed by atoms with Crippen LogP contribution in [0.4, 0.5) is 0 Å². The van der Waals surface area contributed by atoms with Crippen molar-refractivity contribution in [3.05, 3.63) is 47.9 Å². The first-order chi connectivity index (χ1) is 9.84. The van der Waals surface area contributed by atoms with Gasteiger partial charge in [-0.15, -0.1) is 0 Å². The molecular formula is C15H16O4S. The summed E-state index contributed by atoms with van der Waals surface area (Å²) in [6, 6.07) is 9.03. The SMILES string of the molecule is O=C(OC(C1=COSO1)C1CCCC1)c1ccccc1. The molecule has 1 aliphatic heterocycles. The highest BCUT2D eigenvalue weighted by Gasteiger charge is 2.35. The van der Waals surface area contributed by atoms with Gasteiger partial charge in [-0.1, -0.05) is 31.0 Å². The molecule has 1 heterocycles. The molecule has 1 aromatic carbocycles. The Morgan fingerprint density at radius 2 is 2.00 bits per heavy atom. The van der Waals surface area contributed by atoms with Gasteiger partial charge in [0, 0.05) is 5.92 Å². The van der Waals surface area contributed by atoms with Gasteiger partial charge >= 0.3 is 5.97 Å². The van der Waals surface area contributed by atoms with Crippen molar-refractivity contribution in [3.63, 3.8) is 0 Å². The van der Waals surface area contributed by atoms with Crippen LogP contribution < -0.4 is 0 Å². The molecule has 0 spiro atoms. The molecule has 1 unspecified atom stereocenters. The number of rotatable bonds is 4. The van der Waals surface area contributed by atoms with E-state index in [1.54, 1.807) is 12.1 Å². The fourth-order valence-corrected chi connectivity index (χ4v) is 3.05. The Hall–Kier alpha value is -1.62. The first-order valence-corrected chi connectivity index (χ1v) is 7.47. The summed E-state index contributed by atoms with van der Waals surface area (Å²) in [7, 11) is 0. The van der Waals surface area contributed by atoms with Gasteiger partial charge in [0.25, 0.3) is 12.3 Å². The fourth-order valence-electron chi connectivity index (χ4n) is 2.66. The average molecular weight is 292 g/mol. The van der Waals surface area contributed by atoms with Crippen molar-refractivity contribution < 1.29 is 17.9 Å². The minimum absolute atomic E-state index is 0.316. The number of benzene rings is 1. The van der Waals surface area contributed by atoms with Crippen molar-refractivity contribution in [1.29, 1.82) is 0 Å². The first-order valence-electron chi connectivity index (χ1n) is 6.80. The lowest BCUT2D eigenvalue weighted by Gasteiger charge is -2.22. The summed E-state index contributed by atoms with van der Waals surface area (Å²) in [6.45, 7) is 0. The first kappa shape index (κ1) is 13.4. The molecule has 3 rings (SSSR count). The van der Waals surface area contributed by atoms with Crippen molar-refractivity contribution in [2.45, 2.75) is 31.8 Å². The van der Waals surface area contributed by atoms with Crippen LogP contribution in [0, 0.1) is 5.92 Å². The fraction of sp³-hybridized carbons (Fsp3) is 0.400. The van der Waals surface area contributed by atoms with Crippen LogP contribution in [-0.4, -0.2) is 12.1 Å². The van der Waals surface area contributed by atoms with E-state index in [1.807, 2.05) is 18.2 Å². The van der Waals surface area contributed by atoms with E-state index in [0.29, 0.717) is 17.2 Å². The van der Waals surface area contributed by atoms with Crippen molar-refractivity contribution in [3.8, 4) is 0 Å². The van der Waals surface area contributed by atoms with Crippen molar-refractivity contribution >= 4 is 18.3 Å². The van der Waals surface area contributed by atoms with Crippen molar-refractivity contribution in [2.24, 2.45) is 5.92 Å². The van der Waals surface area contributed by atoms with E-state index in [1.165, 1.54) is 19.1 Å². The maximum absolute atomic E-state index is 12.2. The quantitative estimate of drug-likeness (QED) is 0.623. The van der Waals surface area contributed by atoms with E-state index in [2.05, 4.69) is 0 Å². The smallest absolute Gasteiger partial charge is 0.338 e. The van der Waals surface area contributed by atoms with Gasteiger partial charge in [-0.2, -0.15) is 0 Å². The van der Waals surface area contributed by atoms with Crippen LogP contribution in [0.15, 0.2) is 42.4 Å². The number of hydrogen-bond acceptors (Lipinski definition) is 5. The summed E-state index contributed by atoms with van der Waals surface area (Å²) in [6.07, 6.45) is 5.64. The zero-order chi connectivity index (χ0) is 13.8. The molecule has 1 aromatic rings. The number of carbonyl (C=O) groups excluding carboxylic acids is 1. The molecule has 1 saturated carbocycles. The van der Waals surface area contributed by atoms with Crippen LogP contribution in [0.1, 0.15) is 36.0 Å². The lowest BCUT2D eigenvalue weighted by molar-refractivity contribution is 0.0170. The number of ether oxygens (including phenoxy) is 1. The molecule has 20 heavy (non-hydrogen) atoms. The highest BCUT2D eigenvalue weighted by atomic mass is 32.2. The Bertz CT molecular complexity index is 494. The minimum Gasteiger partial charge on any atom is -0.450 e. The highest BCUT2D eigenvalue weighted by Crippen LogP contribution is 2.37. The van der Waals surface area contributed by atoms with E-state index >= 15 is 0 Å². The monoisotopic (exact) mass is 292 g/mol. The minimum atomic E-state index is -0.347. The average Bonchev–Trinajstić information content (AvgIpc) is 3.19. The summed E-state index contributed by atoms with van der Waals surface area (Å²) >= 11 is 0.908. The van der Waals surface area contributed by atoms with Crippen LogP contribution in [0.3, 0.4) is 0 Å². The Labute approximate surface area is 122 Å². The molecule has 0 saturated heterocycles. The Morgan fingerprint density at radius 3 is 2.65 bits per heavy atom. The van der Waals surface area contributed by atoms with Gasteiger partial charge in [-0.05, 0) is 25.0 Å². The van der Waals surface area contributed by atoms with E-state index < -0.39 is 0 Å². The van der Waals surface area contributed by atoms with E-state index in [4.69, 9.17) is 13.1 Å². The summed E-state index contributed by atoms with van der Waals surface area (Å²) in [5.41, 5.74) is 0.558. The lowest BCUT2D eigenvalue weighted by atomic mass is 9.99. The molecule has 5 heteroatoms. The Kier molecular flexibility index (Phi) is 4.16. The topological polar surface area (TPSA) is 44.8 Å². The summed E-state index contributed by atoms with van der Waals surface area (Å²) < 4.78 is 16.0. The Balaban J connectivity index is 1.74. The zero-order valence-corrected chi connectivity index (χ0v) is 11.8. The lowest BCUT2D eigenvalue weighted by Crippen LogP contribution is -2.27. The van der Waals surface area contributed by atoms with Crippen LogP contribution in [0.25, 0.3) is 0 Å². The zero-order valence-electron chi connectivity index (χ0n) is 11.0. The standard InChI is InChI=1S/C15H16O4S/c16-15(12-8-2-1-3-9-12)18-14(11-6-4-5-7-11)13-10-17-20-19-13/h1-3,8-11,14H,4-7H2. The third-order valence-electron chi connectivity index (χ3n) is 3.69. The molecule has 0 amide bonds. The normalized spacial score (nSPS) is 19.9. The highest BCUT2D eigenvalue weighted by molar-refractivity contribution is 7.90. The molecule has 0 aromatic heterocycles. The molecule has 1 atom stereocenters. The Morgan fingerprint density at radius 1 is 1.25 bits per heavy atom. The molecule has 2 aliphatic rings. The third-order valence-corrected chi connectivity index (χ3v) is 4.12. The van der Waals surface area contributed by atoms with Crippen LogP contribution in [0.2, 0.25) is 0 Å². The molecule has 4 nitrogen and oxygen atoms in total. The summed E-state index contributed by atoms with van der Waals surface area (Å²) in [5, 5.41) is 0. The van der Waals surface area contributed by atoms with Gasteiger partial charge in [0.2, 0.25) is 0 Å². The van der Waals surface area contributed by atoms with Crippen LogP contribution >= 0.6 is 12.3 Å². The van der Waals surface area contributed by atoms with E-state index in [-0.39, 0.29) is 12.1 Å². The summed E-state index contributed by atoms with van der Waals surface area (Å²) in [4.78, 5) is 12.2. The third kappa shape index (κ3) is 2.93. The van der Waals surface area contributed by atoms with Gasteiger partial charge in [0.1, 0.15) is 6.26 Å². The van der Waals surface area contributed by atoms with Gasteiger partial charge in [0.15, 0.2) is 11.9 Å². The van der Waals surface area contributed by atoms with Gasteiger partial charge in [-0.3, -0.25) is 0 Å². The maximum atomic E-state index is 12.2. The predicted octanol–water partition coefficient (Wildman–Crippen LogP) is 3.85. The van der Waals surface area contributed by atoms with E-state index in [9.17, 15) is 4.79 Å². The molecule has 106 valence electrons. The van der Waals surface area contributed by atoms with Gasteiger partial charge in [-0.25, -0.2) is 4.79 Å². The van der Waals surface area contributed by atoms with Gasteiger partial charge < -0.3 is 13.1 Å².